The van der Waals surface area contributed by atoms with E-state index in [1.807, 2.05) is 45.0 Å². The Bertz CT molecular complexity index is 842. The van der Waals surface area contributed by atoms with Gasteiger partial charge < -0.3 is 14.8 Å². The summed E-state index contributed by atoms with van der Waals surface area (Å²) in [5, 5.41) is 2.82. The molecule has 1 aliphatic heterocycles. The number of likely N-dealkylation sites (tertiary alicyclic amines) is 1. The van der Waals surface area contributed by atoms with Crippen LogP contribution in [0.5, 0.6) is 11.6 Å². The van der Waals surface area contributed by atoms with Crippen molar-refractivity contribution in [2.75, 3.05) is 25.0 Å². The highest BCUT2D eigenvalue weighted by molar-refractivity contribution is 5.90. The zero-order valence-corrected chi connectivity index (χ0v) is 18.4. The predicted molar refractivity (Wildman–Crippen MR) is 117 cm³/mol. The Labute approximate surface area is 178 Å². The standard InChI is InChI=1S/C23H32N4O3/c1-17(28)26-19-7-5-6-8-21(19)29-16-18-9-13-27(14-10-18)15-20-22(25-12-11-24-20)30-23(2,3)4/h5-8,11-12,18H,9-10,13-16H2,1-4H3,(H,26,28). The van der Waals surface area contributed by atoms with Gasteiger partial charge in [-0.15, -0.1) is 0 Å². The zero-order valence-electron chi connectivity index (χ0n) is 18.4. The van der Waals surface area contributed by atoms with Gasteiger partial charge in [0, 0.05) is 25.9 Å². The van der Waals surface area contributed by atoms with Crippen LogP contribution in [0.15, 0.2) is 36.7 Å². The van der Waals surface area contributed by atoms with E-state index in [4.69, 9.17) is 9.47 Å². The normalized spacial score (nSPS) is 15.6. The summed E-state index contributed by atoms with van der Waals surface area (Å²) >= 11 is 0. The van der Waals surface area contributed by atoms with Gasteiger partial charge in [0.2, 0.25) is 11.8 Å². The lowest BCUT2D eigenvalue weighted by Crippen LogP contribution is -2.35. The number of ether oxygens (including phenoxy) is 2. The van der Waals surface area contributed by atoms with Gasteiger partial charge in [-0.25, -0.2) is 4.98 Å². The number of para-hydroxylation sites is 2. The first-order valence-electron chi connectivity index (χ1n) is 10.5. The number of carbonyl (C=O) groups excluding carboxylic acids is 1. The molecule has 7 nitrogen and oxygen atoms in total. The van der Waals surface area contributed by atoms with Crippen LogP contribution in [0.2, 0.25) is 0 Å². The Kier molecular flexibility index (Phi) is 7.26. The molecular weight excluding hydrogens is 380 g/mol. The fourth-order valence-corrected chi connectivity index (χ4v) is 3.45. The quantitative estimate of drug-likeness (QED) is 0.743. The lowest BCUT2D eigenvalue weighted by Gasteiger charge is -2.32. The highest BCUT2D eigenvalue weighted by Gasteiger charge is 2.23. The summed E-state index contributed by atoms with van der Waals surface area (Å²) in [6, 6.07) is 7.56. The van der Waals surface area contributed by atoms with Crippen LogP contribution in [0.25, 0.3) is 0 Å². The first kappa shape index (κ1) is 22.0. The molecule has 0 aliphatic carbocycles. The smallest absolute Gasteiger partial charge is 0.237 e. The largest absolute Gasteiger partial charge is 0.491 e. The zero-order chi connectivity index (χ0) is 21.6. The molecule has 1 aliphatic rings. The summed E-state index contributed by atoms with van der Waals surface area (Å²) in [5.41, 5.74) is 1.30. The molecule has 0 bridgehead atoms. The predicted octanol–water partition coefficient (Wildman–Crippen LogP) is 3.90. The number of hydrogen-bond donors (Lipinski definition) is 1. The Balaban J connectivity index is 1.50. The number of amides is 1. The van der Waals surface area contributed by atoms with Crippen molar-refractivity contribution < 1.29 is 14.3 Å². The summed E-state index contributed by atoms with van der Waals surface area (Å²) < 4.78 is 12.0. The molecule has 2 aromatic rings. The summed E-state index contributed by atoms with van der Waals surface area (Å²) in [6.45, 7) is 10.9. The molecule has 2 heterocycles. The molecule has 1 N–H and O–H groups in total. The monoisotopic (exact) mass is 412 g/mol. The fraction of sp³-hybridized carbons (Fsp3) is 0.522. The molecule has 7 heteroatoms. The molecule has 0 saturated carbocycles. The van der Waals surface area contributed by atoms with Crippen LogP contribution in [0.4, 0.5) is 5.69 Å². The van der Waals surface area contributed by atoms with Crippen molar-refractivity contribution in [3.05, 3.63) is 42.4 Å². The van der Waals surface area contributed by atoms with E-state index in [-0.39, 0.29) is 11.5 Å². The Hall–Kier alpha value is -2.67. The number of hydrogen-bond acceptors (Lipinski definition) is 6. The molecule has 1 aromatic carbocycles. The van der Waals surface area contributed by atoms with Crippen LogP contribution in [0, 0.1) is 5.92 Å². The van der Waals surface area contributed by atoms with Gasteiger partial charge in [-0.3, -0.25) is 14.7 Å². The van der Waals surface area contributed by atoms with E-state index in [2.05, 4.69) is 20.2 Å². The van der Waals surface area contributed by atoms with Crippen molar-refractivity contribution in [2.24, 2.45) is 5.92 Å². The maximum Gasteiger partial charge on any atom is 0.237 e. The van der Waals surface area contributed by atoms with Crippen LogP contribution in [-0.4, -0.2) is 46.1 Å². The van der Waals surface area contributed by atoms with E-state index >= 15 is 0 Å². The van der Waals surface area contributed by atoms with Gasteiger partial charge in [0.15, 0.2) is 0 Å². The van der Waals surface area contributed by atoms with Gasteiger partial charge >= 0.3 is 0 Å². The maximum atomic E-state index is 11.4. The molecule has 1 aromatic heterocycles. The number of benzene rings is 1. The molecular formula is C23H32N4O3. The highest BCUT2D eigenvalue weighted by Crippen LogP contribution is 2.27. The average Bonchev–Trinajstić information content (AvgIpc) is 2.68. The van der Waals surface area contributed by atoms with Gasteiger partial charge in [-0.05, 0) is 64.8 Å². The summed E-state index contributed by atoms with van der Waals surface area (Å²) in [5.74, 6) is 1.72. The van der Waals surface area contributed by atoms with Crippen LogP contribution in [-0.2, 0) is 11.3 Å². The van der Waals surface area contributed by atoms with Gasteiger partial charge in [0.05, 0.1) is 12.3 Å². The Morgan fingerprint density at radius 3 is 2.57 bits per heavy atom. The molecule has 3 rings (SSSR count). The number of carbonyl (C=O) groups is 1. The molecule has 0 spiro atoms. The number of nitrogens with one attached hydrogen (secondary N) is 1. The Morgan fingerprint density at radius 2 is 1.87 bits per heavy atom. The van der Waals surface area contributed by atoms with E-state index < -0.39 is 0 Å². The number of nitrogens with zero attached hydrogens (tertiary/aromatic N) is 3. The second-order valence-corrected chi connectivity index (χ2v) is 8.73. The summed E-state index contributed by atoms with van der Waals surface area (Å²) in [7, 11) is 0. The van der Waals surface area contributed by atoms with Gasteiger partial charge in [0.25, 0.3) is 0 Å². The van der Waals surface area contributed by atoms with Crippen LogP contribution in [0.1, 0.15) is 46.2 Å². The first-order chi connectivity index (χ1) is 14.3. The summed E-state index contributed by atoms with van der Waals surface area (Å²) in [4.78, 5) is 22.6. The second-order valence-electron chi connectivity index (χ2n) is 8.73. The van der Waals surface area contributed by atoms with Gasteiger partial charge in [0.1, 0.15) is 17.0 Å². The SMILES string of the molecule is CC(=O)Nc1ccccc1OCC1CCN(Cc2nccnc2OC(C)(C)C)CC1. The van der Waals surface area contributed by atoms with Crippen LogP contribution < -0.4 is 14.8 Å². The van der Waals surface area contributed by atoms with E-state index in [1.54, 1.807) is 12.4 Å². The maximum absolute atomic E-state index is 11.4. The van der Waals surface area contributed by atoms with Crippen LogP contribution >= 0.6 is 0 Å². The number of aromatic nitrogens is 2. The Morgan fingerprint density at radius 1 is 1.17 bits per heavy atom. The van der Waals surface area contributed by atoms with Gasteiger partial charge in [-0.2, -0.15) is 0 Å². The molecule has 0 unspecified atom stereocenters. The van der Waals surface area contributed by atoms with Crippen molar-refractivity contribution in [3.8, 4) is 11.6 Å². The summed E-state index contributed by atoms with van der Waals surface area (Å²) in [6.07, 6.45) is 5.50. The molecule has 162 valence electrons. The van der Waals surface area contributed by atoms with Crippen molar-refractivity contribution in [1.82, 2.24) is 14.9 Å². The van der Waals surface area contributed by atoms with E-state index in [1.165, 1.54) is 6.92 Å². The minimum absolute atomic E-state index is 0.0989. The van der Waals surface area contributed by atoms with E-state index in [0.717, 1.165) is 49.6 Å². The highest BCUT2D eigenvalue weighted by atomic mass is 16.5. The number of piperidine rings is 1. The number of anilines is 1. The molecule has 0 radical (unpaired) electrons. The molecule has 1 amide bonds. The third-order valence-corrected chi connectivity index (χ3v) is 4.89. The lowest BCUT2D eigenvalue weighted by molar-refractivity contribution is -0.114. The molecule has 1 fully saturated rings. The number of rotatable bonds is 7. The third-order valence-electron chi connectivity index (χ3n) is 4.89. The van der Waals surface area contributed by atoms with Gasteiger partial charge in [-0.1, -0.05) is 12.1 Å². The molecule has 30 heavy (non-hydrogen) atoms. The minimum atomic E-state index is -0.303. The molecule has 1 saturated heterocycles. The second kappa shape index (κ2) is 9.89. The molecule has 0 atom stereocenters. The van der Waals surface area contributed by atoms with Crippen molar-refractivity contribution in [1.29, 1.82) is 0 Å². The van der Waals surface area contributed by atoms with Crippen molar-refractivity contribution in [3.63, 3.8) is 0 Å². The van der Waals surface area contributed by atoms with E-state index in [9.17, 15) is 4.79 Å². The van der Waals surface area contributed by atoms with Crippen LogP contribution in [0.3, 0.4) is 0 Å². The van der Waals surface area contributed by atoms with Crippen molar-refractivity contribution >= 4 is 11.6 Å². The van der Waals surface area contributed by atoms with Crippen molar-refractivity contribution in [2.45, 2.75) is 52.7 Å². The topological polar surface area (TPSA) is 76.6 Å². The first-order valence-corrected chi connectivity index (χ1v) is 10.5. The lowest BCUT2D eigenvalue weighted by atomic mass is 9.97. The minimum Gasteiger partial charge on any atom is -0.491 e. The van der Waals surface area contributed by atoms with E-state index in [0.29, 0.717) is 18.4 Å². The third kappa shape index (κ3) is 6.69. The average molecular weight is 413 g/mol. The fourth-order valence-electron chi connectivity index (χ4n) is 3.45.